The Bertz CT molecular complexity index is 116. The van der Waals surface area contributed by atoms with Crippen LogP contribution in [0, 0.1) is 11.8 Å². The van der Waals surface area contributed by atoms with Gasteiger partial charge in [-0.15, -0.1) is 0 Å². The van der Waals surface area contributed by atoms with Crippen LogP contribution in [0.4, 0.5) is 0 Å². The minimum atomic E-state index is 1.44. The van der Waals surface area contributed by atoms with Crippen LogP contribution >= 0.6 is 0 Å². The highest BCUT2D eigenvalue weighted by atomic mass is 14.3. The van der Waals surface area contributed by atoms with Crippen LogP contribution in [-0.2, 0) is 0 Å². The lowest BCUT2D eigenvalue weighted by molar-refractivity contribution is 0.621. The fourth-order valence-electron chi connectivity index (χ4n) is 3.02. The molecule has 14 heavy (non-hydrogen) atoms. The Morgan fingerprint density at radius 1 is 0.357 bits per heavy atom. The maximum atomic E-state index is 1.88. The van der Waals surface area contributed by atoms with E-state index >= 15 is 0 Å². The van der Waals surface area contributed by atoms with E-state index in [9.17, 15) is 0 Å². The molecular weight excluding hydrogens is 168 g/mol. The molecule has 0 bridgehead atoms. The van der Waals surface area contributed by atoms with Gasteiger partial charge in [-0.1, -0.05) is 51.4 Å². The van der Waals surface area contributed by atoms with E-state index in [0.29, 0.717) is 0 Å². The summed E-state index contributed by atoms with van der Waals surface area (Å²) in [5.74, 6) is 3.76. The van der Waals surface area contributed by atoms with Gasteiger partial charge in [-0.3, -0.25) is 0 Å². The van der Waals surface area contributed by atoms with Gasteiger partial charge in [0.2, 0.25) is 0 Å². The first-order valence-electron chi connectivity index (χ1n) is 6.66. The van der Waals surface area contributed by atoms with E-state index in [1.807, 2.05) is 11.8 Å². The Hall–Kier alpha value is 0. The third kappa shape index (κ3) is 3.00. The highest BCUT2D eigenvalue weighted by molar-refractivity contribution is 5.17. The molecule has 0 aromatic rings. The summed E-state index contributed by atoms with van der Waals surface area (Å²) in [4.78, 5) is 0. The molecule has 0 spiro atoms. The third-order valence-corrected chi connectivity index (χ3v) is 3.91. The Morgan fingerprint density at radius 3 is 0.929 bits per heavy atom. The van der Waals surface area contributed by atoms with Gasteiger partial charge in [0, 0.05) is 0 Å². The van der Waals surface area contributed by atoms with E-state index in [2.05, 4.69) is 0 Å². The van der Waals surface area contributed by atoms with E-state index < -0.39 is 0 Å². The molecule has 0 atom stereocenters. The topological polar surface area (TPSA) is 0 Å². The van der Waals surface area contributed by atoms with Gasteiger partial charge in [-0.05, 0) is 37.5 Å². The predicted molar refractivity (Wildman–Crippen MR) is 61.9 cm³/mol. The van der Waals surface area contributed by atoms with E-state index in [1.54, 1.807) is 0 Å². The molecule has 2 aliphatic carbocycles. The zero-order valence-corrected chi connectivity index (χ0v) is 9.49. The van der Waals surface area contributed by atoms with Gasteiger partial charge >= 0.3 is 0 Å². The zero-order valence-electron chi connectivity index (χ0n) is 9.49. The van der Waals surface area contributed by atoms with Crippen molar-refractivity contribution in [3.8, 4) is 0 Å². The largest absolute Gasteiger partial charge is 0.0533 e. The quantitative estimate of drug-likeness (QED) is 0.521. The molecular formula is C14H24. The predicted octanol–water partition coefficient (Wildman–Crippen LogP) is 4.84. The van der Waals surface area contributed by atoms with Gasteiger partial charge < -0.3 is 0 Å². The van der Waals surface area contributed by atoms with E-state index in [4.69, 9.17) is 0 Å². The summed E-state index contributed by atoms with van der Waals surface area (Å²) in [6, 6.07) is 0. The molecule has 0 aromatic heterocycles. The monoisotopic (exact) mass is 192 g/mol. The van der Waals surface area contributed by atoms with Gasteiger partial charge in [-0.25, -0.2) is 0 Å². The second-order valence-electron chi connectivity index (χ2n) is 5.04. The Balaban J connectivity index is 1.83. The third-order valence-electron chi connectivity index (χ3n) is 3.91. The Labute approximate surface area is 89.5 Å². The highest BCUT2D eigenvalue weighted by Gasteiger charge is 2.24. The van der Waals surface area contributed by atoms with Crippen LogP contribution < -0.4 is 0 Å². The van der Waals surface area contributed by atoms with Crippen LogP contribution in [0.15, 0.2) is 0 Å². The van der Waals surface area contributed by atoms with Crippen LogP contribution in [0.1, 0.15) is 77.0 Å². The summed E-state index contributed by atoms with van der Waals surface area (Å²) in [6.07, 6.45) is 17.6. The summed E-state index contributed by atoms with van der Waals surface area (Å²) in [5.41, 5.74) is 0. The fourth-order valence-corrected chi connectivity index (χ4v) is 3.02. The molecule has 0 heterocycles. The lowest BCUT2D eigenvalue weighted by Crippen LogP contribution is -2.09. The minimum Gasteiger partial charge on any atom is -0.0533 e. The van der Waals surface area contributed by atoms with Gasteiger partial charge in [0.1, 0.15) is 0 Å². The smallest absolute Gasteiger partial charge is 0.0173 e. The molecule has 0 amide bonds. The van der Waals surface area contributed by atoms with Gasteiger partial charge in [0.25, 0.3) is 0 Å². The lowest BCUT2D eigenvalue weighted by Gasteiger charge is -2.23. The normalized spacial score (nSPS) is 28.3. The molecule has 2 saturated carbocycles. The second-order valence-corrected chi connectivity index (χ2v) is 5.04. The summed E-state index contributed by atoms with van der Waals surface area (Å²) >= 11 is 0. The average Bonchev–Trinajstić information content (AvgIpc) is 2.62. The summed E-state index contributed by atoms with van der Waals surface area (Å²) in [6.45, 7) is 0. The summed E-state index contributed by atoms with van der Waals surface area (Å²) < 4.78 is 0. The van der Waals surface area contributed by atoms with E-state index in [1.165, 1.54) is 77.0 Å². The van der Waals surface area contributed by atoms with Crippen LogP contribution in [-0.4, -0.2) is 0 Å². The molecule has 0 heteroatoms. The number of hydrogen-bond acceptors (Lipinski definition) is 0. The first kappa shape index (κ1) is 10.5. The molecule has 0 N–H and O–H groups in total. The van der Waals surface area contributed by atoms with Crippen molar-refractivity contribution in [3.63, 3.8) is 0 Å². The maximum absolute atomic E-state index is 1.88. The zero-order chi connectivity index (χ0) is 9.64. The number of hydrogen-bond donors (Lipinski definition) is 0. The van der Waals surface area contributed by atoms with Crippen molar-refractivity contribution >= 4 is 0 Å². The molecule has 0 nitrogen and oxygen atoms in total. The molecule has 2 aliphatic rings. The molecule has 2 fully saturated rings. The fraction of sp³-hybridized carbons (Fsp3) is 0.857. The van der Waals surface area contributed by atoms with Crippen molar-refractivity contribution in [1.29, 1.82) is 0 Å². The van der Waals surface area contributed by atoms with E-state index in [0.717, 1.165) is 0 Å². The second kappa shape index (κ2) is 5.78. The van der Waals surface area contributed by atoms with Crippen molar-refractivity contribution in [3.05, 3.63) is 11.8 Å². The Morgan fingerprint density at radius 2 is 0.643 bits per heavy atom. The average molecular weight is 192 g/mol. The van der Waals surface area contributed by atoms with Gasteiger partial charge in [0.05, 0.1) is 0 Å². The first-order chi connectivity index (χ1) is 6.97. The lowest BCUT2D eigenvalue weighted by atomic mass is 9.81. The van der Waals surface area contributed by atoms with Crippen molar-refractivity contribution in [2.75, 3.05) is 0 Å². The van der Waals surface area contributed by atoms with Crippen molar-refractivity contribution in [2.45, 2.75) is 77.0 Å². The van der Waals surface area contributed by atoms with Gasteiger partial charge in [0.15, 0.2) is 0 Å². The van der Waals surface area contributed by atoms with Crippen LogP contribution in [0.25, 0.3) is 0 Å². The summed E-state index contributed by atoms with van der Waals surface area (Å²) in [5, 5.41) is 0. The van der Waals surface area contributed by atoms with Crippen LogP contribution in [0.2, 0.25) is 0 Å². The van der Waals surface area contributed by atoms with Crippen molar-refractivity contribution < 1.29 is 0 Å². The molecule has 0 saturated heterocycles. The minimum absolute atomic E-state index is 1.44. The highest BCUT2D eigenvalue weighted by Crippen LogP contribution is 2.39. The molecule has 80 valence electrons. The molecule has 2 rings (SSSR count). The molecule has 0 unspecified atom stereocenters. The van der Waals surface area contributed by atoms with Crippen LogP contribution in [0.3, 0.4) is 0 Å². The Kier molecular flexibility index (Phi) is 4.34. The summed E-state index contributed by atoms with van der Waals surface area (Å²) in [7, 11) is 0. The maximum Gasteiger partial charge on any atom is -0.0173 e. The van der Waals surface area contributed by atoms with Gasteiger partial charge in [-0.2, -0.15) is 0 Å². The molecule has 0 aliphatic heterocycles. The van der Waals surface area contributed by atoms with Crippen molar-refractivity contribution in [1.82, 2.24) is 0 Å². The standard InChI is InChI=1S/C14H24/c1-2-6-10-13(9-5-1)14-11-7-3-4-8-12-14/h1-12H2. The SMILES string of the molecule is C1CCC[C]([C]2CCCCCC2)CC1. The number of rotatable bonds is 1. The van der Waals surface area contributed by atoms with Crippen molar-refractivity contribution in [2.24, 2.45) is 0 Å². The van der Waals surface area contributed by atoms with Crippen LogP contribution in [0.5, 0.6) is 0 Å². The van der Waals surface area contributed by atoms with E-state index in [-0.39, 0.29) is 0 Å². The first-order valence-corrected chi connectivity index (χ1v) is 6.66. The molecule has 2 radical (unpaired) electrons. The molecule has 0 aromatic carbocycles.